The van der Waals surface area contributed by atoms with Crippen molar-refractivity contribution in [3.63, 3.8) is 0 Å². The van der Waals surface area contributed by atoms with E-state index >= 15 is 0 Å². The van der Waals surface area contributed by atoms with E-state index in [9.17, 15) is 21.9 Å². The minimum Gasteiger partial charge on any atom is -0.507 e. The van der Waals surface area contributed by atoms with Crippen LogP contribution in [0.15, 0.2) is 62.8 Å². The number of aliphatic imine (C=N–C) groups is 1. The highest BCUT2D eigenvalue weighted by Crippen LogP contribution is 2.28. The molecule has 166 valence electrons. The van der Waals surface area contributed by atoms with Crippen molar-refractivity contribution < 1.29 is 21.9 Å². The molecule has 0 fully saturated rings. The van der Waals surface area contributed by atoms with Gasteiger partial charge in [0.15, 0.2) is 11.7 Å². The van der Waals surface area contributed by atoms with Crippen LogP contribution in [0.2, 0.25) is 0 Å². The number of amidine groups is 2. The molecule has 3 rings (SSSR count). The first-order valence-electron chi connectivity index (χ1n) is 9.32. The number of hydrogen-bond donors (Lipinski definition) is 3. The number of nitrogens with zero attached hydrogens (tertiary/aromatic N) is 3. The number of aromatic hydroxyl groups is 1. The van der Waals surface area contributed by atoms with Gasteiger partial charge in [0.05, 0.1) is 6.04 Å². The van der Waals surface area contributed by atoms with E-state index in [1.165, 1.54) is 32.3 Å². The first kappa shape index (κ1) is 22.7. The Balaban J connectivity index is 1.98. The van der Waals surface area contributed by atoms with Gasteiger partial charge in [0.25, 0.3) is 0 Å². The number of phenolic OH excluding ortho intramolecular Hbond substituents is 1. The minimum atomic E-state index is -3.99. The van der Waals surface area contributed by atoms with Crippen LogP contribution < -0.4 is 10.0 Å². The Morgan fingerprint density at radius 3 is 2.48 bits per heavy atom. The van der Waals surface area contributed by atoms with Gasteiger partial charge in [0.2, 0.25) is 10.0 Å². The van der Waals surface area contributed by atoms with Gasteiger partial charge >= 0.3 is 10.2 Å². The van der Waals surface area contributed by atoms with E-state index < -0.39 is 26.0 Å². The van der Waals surface area contributed by atoms with Gasteiger partial charge in [-0.1, -0.05) is 37.3 Å². The fourth-order valence-electron chi connectivity index (χ4n) is 2.89. The fraction of sp³-hybridized carbons (Fsp3) is 0.263. The van der Waals surface area contributed by atoms with Crippen molar-refractivity contribution >= 4 is 37.6 Å². The Bertz CT molecular complexity index is 1240. The zero-order chi connectivity index (χ0) is 22.8. The van der Waals surface area contributed by atoms with Crippen LogP contribution in [-0.2, 0) is 20.2 Å². The summed E-state index contributed by atoms with van der Waals surface area (Å²) in [4.78, 5) is 4.18. The highest BCUT2D eigenvalue weighted by molar-refractivity contribution is 7.89. The average molecular weight is 466 g/mol. The van der Waals surface area contributed by atoms with E-state index in [-0.39, 0.29) is 28.3 Å². The van der Waals surface area contributed by atoms with Gasteiger partial charge in [-0.2, -0.15) is 8.42 Å². The molecule has 3 N–H and O–H groups in total. The summed E-state index contributed by atoms with van der Waals surface area (Å²) < 4.78 is 55.9. The predicted octanol–water partition coefficient (Wildman–Crippen LogP) is 1.85. The summed E-state index contributed by atoms with van der Waals surface area (Å²) in [6, 6.07) is 12.9. The molecule has 0 aromatic heterocycles. The maximum Gasteiger partial charge on any atom is 0.345 e. The number of anilines is 1. The van der Waals surface area contributed by atoms with Crippen molar-refractivity contribution in [1.82, 2.24) is 9.03 Å². The van der Waals surface area contributed by atoms with E-state index in [1.807, 2.05) is 37.3 Å². The van der Waals surface area contributed by atoms with Crippen molar-refractivity contribution in [3.05, 3.63) is 54.1 Å². The molecule has 12 heteroatoms. The van der Waals surface area contributed by atoms with E-state index in [0.29, 0.717) is 6.42 Å². The molecule has 0 aliphatic carbocycles. The second-order valence-corrected chi connectivity index (χ2v) is 10.4. The number of hydrogen-bond acceptors (Lipinski definition) is 7. The van der Waals surface area contributed by atoms with Gasteiger partial charge < -0.3 is 10.4 Å². The Morgan fingerprint density at radius 2 is 1.87 bits per heavy atom. The lowest BCUT2D eigenvalue weighted by molar-refractivity contribution is 0.452. The molecule has 0 unspecified atom stereocenters. The Kier molecular flexibility index (Phi) is 6.34. The van der Waals surface area contributed by atoms with E-state index in [1.54, 1.807) is 0 Å². The lowest BCUT2D eigenvalue weighted by Crippen LogP contribution is -2.31. The quantitative estimate of drug-likeness (QED) is 0.556. The lowest BCUT2D eigenvalue weighted by atomic mass is 10.1. The number of nitrogens with one attached hydrogen (secondary N) is 2. The van der Waals surface area contributed by atoms with E-state index in [4.69, 9.17) is 0 Å². The molecule has 2 aromatic carbocycles. The molecule has 10 nitrogen and oxygen atoms in total. The topological polar surface area (TPSA) is 141 Å². The minimum absolute atomic E-state index is 0.0146. The molecule has 1 aliphatic heterocycles. The third kappa shape index (κ3) is 5.03. The summed E-state index contributed by atoms with van der Waals surface area (Å²) in [5, 5.41) is 12.8. The summed E-state index contributed by atoms with van der Waals surface area (Å²) in [6.45, 7) is 1.92. The molecular weight excluding hydrogens is 442 g/mol. The summed E-state index contributed by atoms with van der Waals surface area (Å²) in [5.41, 5.74) is 1.13. The molecular formula is C19H23N5O5S2. The summed E-state index contributed by atoms with van der Waals surface area (Å²) in [6.07, 6.45) is 0.618. The molecule has 0 saturated carbocycles. The fourth-order valence-corrected chi connectivity index (χ4v) is 4.70. The molecule has 0 radical (unpaired) electrons. The van der Waals surface area contributed by atoms with Gasteiger partial charge in [0, 0.05) is 19.8 Å². The molecule has 0 spiro atoms. The normalized spacial score (nSPS) is 17.9. The SMILES string of the molecule is CC[C@@H](N=C1NS(=O)(=O)N=C1Nc1ccc(O)c(S(=O)(=O)N(C)C)c1)c1ccccc1. The molecule has 0 bridgehead atoms. The second kappa shape index (κ2) is 8.65. The third-order valence-corrected chi connectivity index (χ3v) is 7.22. The first-order valence-corrected chi connectivity index (χ1v) is 12.2. The van der Waals surface area contributed by atoms with Gasteiger partial charge in [-0.05, 0) is 30.2 Å². The highest BCUT2D eigenvalue weighted by atomic mass is 32.2. The van der Waals surface area contributed by atoms with Crippen LogP contribution in [0.4, 0.5) is 5.69 Å². The van der Waals surface area contributed by atoms with Gasteiger partial charge in [-0.15, -0.1) is 4.40 Å². The third-order valence-electron chi connectivity index (χ3n) is 4.50. The van der Waals surface area contributed by atoms with Crippen LogP contribution in [0.1, 0.15) is 24.9 Å². The first-order chi connectivity index (χ1) is 14.5. The lowest BCUT2D eigenvalue weighted by Gasteiger charge is -2.15. The van der Waals surface area contributed by atoms with Crippen LogP contribution in [0.3, 0.4) is 0 Å². The summed E-state index contributed by atoms with van der Waals surface area (Å²) in [5.74, 6) is -0.489. The number of phenols is 1. The number of rotatable bonds is 6. The molecule has 2 aromatic rings. The molecule has 1 aliphatic rings. The second-order valence-electron chi connectivity index (χ2n) is 6.92. The van der Waals surface area contributed by atoms with E-state index in [2.05, 4.69) is 19.4 Å². The monoisotopic (exact) mass is 465 g/mol. The summed E-state index contributed by atoms with van der Waals surface area (Å²) in [7, 11) is -5.23. The van der Waals surface area contributed by atoms with Crippen LogP contribution in [0, 0.1) is 0 Å². The Labute approximate surface area is 181 Å². The molecule has 0 amide bonds. The Morgan fingerprint density at radius 1 is 1.19 bits per heavy atom. The van der Waals surface area contributed by atoms with Crippen molar-refractivity contribution in [3.8, 4) is 5.75 Å². The molecule has 0 saturated heterocycles. The Hall–Kier alpha value is -2.96. The highest BCUT2D eigenvalue weighted by Gasteiger charge is 2.28. The van der Waals surface area contributed by atoms with Gasteiger partial charge in [-0.3, -0.25) is 4.99 Å². The summed E-state index contributed by atoms with van der Waals surface area (Å²) >= 11 is 0. The molecule has 1 atom stereocenters. The van der Waals surface area contributed by atoms with Crippen LogP contribution in [0.25, 0.3) is 0 Å². The van der Waals surface area contributed by atoms with Crippen molar-refractivity contribution in [2.45, 2.75) is 24.3 Å². The van der Waals surface area contributed by atoms with Gasteiger partial charge in [0.1, 0.15) is 10.6 Å². The standard InChI is InChI=1S/C19H23N5O5S2/c1-4-15(13-8-6-5-7-9-13)21-19-18(22-31(28,29)23-19)20-14-10-11-16(25)17(12-14)30(26,27)24(2)3/h5-12,15,25H,4H2,1-3H3,(H,20,22)(H,21,23)/t15-/m1/s1. The molecule has 1 heterocycles. The zero-order valence-electron chi connectivity index (χ0n) is 17.1. The smallest absolute Gasteiger partial charge is 0.345 e. The predicted molar refractivity (Wildman–Crippen MR) is 119 cm³/mol. The van der Waals surface area contributed by atoms with Gasteiger partial charge in [-0.25, -0.2) is 17.4 Å². The van der Waals surface area contributed by atoms with Crippen molar-refractivity contribution in [2.24, 2.45) is 9.39 Å². The maximum atomic E-state index is 12.4. The van der Waals surface area contributed by atoms with Crippen LogP contribution in [0.5, 0.6) is 5.75 Å². The average Bonchev–Trinajstić information content (AvgIpc) is 3.00. The number of benzene rings is 2. The maximum absolute atomic E-state index is 12.4. The molecule has 31 heavy (non-hydrogen) atoms. The number of sulfonamides is 1. The van der Waals surface area contributed by atoms with E-state index in [0.717, 1.165) is 9.87 Å². The van der Waals surface area contributed by atoms with Crippen molar-refractivity contribution in [2.75, 3.05) is 19.4 Å². The van der Waals surface area contributed by atoms with Crippen LogP contribution >= 0.6 is 0 Å². The zero-order valence-corrected chi connectivity index (χ0v) is 18.8. The largest absolute Gasteiger partial charge is 0.507 e. The van der Waals surface area contributed by atoms with Crippen molar-refractivity contribution in [1.29, 1.82) is 0 Å². The van der Waals surface area contributed by atoms with Crippen LogP contribution in [-0.4, -0.2) is 52.0 Å².